The number of aryl methyl sites for hydroxylation is 3. The molecule has 2 aliphatic rings. The molecule has 7 nitrogen and oxygen atoms in total. The summed E-state index contributed by atoms with van der Waals surface area (Å²) in [5.74, 6) is 0. The molecular formula is C17H21N5O2S. The van der Waals surface area contributed by atoms with E-state index in [-0.39, 0.29) is 4.90 Å². The van der Waals surface area contributed by atoms with Gasteiger partial charge >= 0.3 is 6.03 Å². The van der Waals surface area contributed by atoms with Gasteiger partial charge in [0.2, 0.25) is 0 Å². The van der Waals surface area contributed by atoms with Crippen LogP contribution in [0.1, 0.15) is 35.1 Å². The number of nitrogens with zero attached hydrogens (tertiary/aromatic N) is 2. The van der Waals surface area contributed by atoms with Gasteiger partial charge in [-0.05, 0) is 60.8 Å². The monoisotopic (exact) mass is 359 g/mol. The van der Waals surface area contributed by atoms with Crippen molar-refractivity contribution in [3.63, 3.8) is 0 Å². The zero-order chi connectivity index (χ0) is 17.6. The maximum absolute atomic E-state index is 12.5. The van der Waals surface area contributed by atoms with Crippen LogP contribution in [0.15, 0.2) is 23.4 Å². The number of amides is 2. The lowest BCUT2D eigenvalue weighted by molar-refractivity contribution is 0.256. The number of hydrogen-bond donors (Lipinski definition) is 3. The Hall–Kier alpha value is -2.35. The van der Waals surface area contributed by atoms with E-state index in [9.17, 15) is 9.00 Å². The first-order valence-corrected chi connectivity index (χ1v) is 10.0. The Morgan fingerprint density at radius 1 is 1.20 bits per heavy atom. The topological polar surface area (TPSA) is 99.9 Å². The lowest BCUT2D eigenvalue weighted by Gasteiger charge is -2.17. The molecule has 8 heteroatoms. The molecule has 4 rings (SSSR count). The molecule has 0 saturated carbocycles. The summed E-state index contributed by atoms with van der Waals surface area (Å²) in [4.78, 5) is 12.6. The highest BCUT2D eigenvalue weighted by molar-refractivity contribution is 7.91. The molecule has 1 aromatic carbocycles. The molecular weight excluding hydrogens is 338 g/mol. The molecule has 0 fully saturated rings. The van der Waals surface area contributed by atoms with Crippen molar-refractivity contribution in [2.45, 2.75) is 43.4 Å². The van der Waals surface area contributed by atoms with Crippen molar-refractivity contribution >= 4 is 21.6 Å². The molecule has 2 aromatic rings. The number of carbonyl (C=O) groups excluding carboxylic acids is 1. The Labute approximate surface area is 146 Å². The van der Waals surface area contributed by atoms with E-state index in [1.54, 1.807) is 7.05 Å². The summed E-state index contributed by atoms with van der Waals surface area (Å²) in [5.41, 5.74) is 5.91. The Morgan fingerprint density at radius 3 is 2.40 bits per heavy atom. The molecule has 132 valence electrons. The van der Waals surface area contributed by atoms with E-state index in [1.807, 2.05) is 0 Å². The van der Waals surface area contributed by atoms with Crippen LogP contribution in [0.5, 0.6) is 0 Å². The minimum absolute atomic E-state index is 0.189. The number of nitrogens with one attached hydrogen (secondary N) is 3. The van der Waals surface area contributed by atoms with Crippen molar-refractivity contribution in [1.29, 1.82) is 4.78 Å². The zero-order valence-corrected chi connectivity index (χ0v) is 14.9. The first-order chi connectivity index (χ1) is 11.9. The van der Waals surface area contributed by atoms with Crippen molar-refractivity contribution in [3.05, 3.63) is 40.7 Å². The number of benzene rings is 1. The second-order valence-corrected chi connectivity index (χ2v) is 8.48. The maximum atomic E-state index is 12.5. The average Bonchev–Trinajstić information content (AvgIpc) is 3.25. The first kappa shape index (κ1) is 16.1. The quantitative estimate of drug-likeness (QED) is 0.785. The van der Waals surface area contributed by atoms with Gasteiger partial charge in [-0.25, -0.2) is 18.5 Å². The average molecular weight is 359 g/mol. The second kappa shape index (κ2) is 5.87. The molecule has 3 N–H and O–H groups in total. The molecule has 25 heavy (non-hydrogen) atoms. The van der Waals surface area contributed by atoms with Crippen molar-refractivity contribution in [2.24, 2.45) is 7.05 Å². The van der Waals surface area contributed by atoms with E-state index >= 15 is 0 Å². The molecule has 1 atom stereocenters. The third-order valence-electron chi connectivity index (χ3n) is 4.96. The summed E-state index contributed by atoms with van der Waals surface area (Å²) < 4.78 is 24.3. The number of carbonyl (C=O) groups is 1. The van der Waals surface area contributed by atoms with Gasteiger partial charge in [-0.1, -0.05) is 6.07 Å². The number of anilines is 1. The summed E-state index contributed by atoms with van der Waals surface area (Å²) in [6.45, 7) is 0. The second-order valence-electron chi connectivity index (χ2n) is 6.70. The highest BCUT2D eigenvalue weighted by atomic mass is 32.2. The number of fused-ring (bicyclic) bond motifs is 2. The minimum atomic E-state index is -3.43. The van der Waals surface area contributed by atoms with Gasteiger partial charge in [-0.2, -0.15) is 5.10 Å². The van der Waals surface area contributed by atoms with Crippen LogP contribution in [0.25, 0.3) is 0 Å². The molecule has 2 aliphatic carbocycles. The Kier molecular flexibility index (Phi) is 3.79. The van der Waals surface area contributed by atoms with Gasteiger partial charge in [0.25, 0.3) is 0 Å². The van der Waals surface area contributed by atoms with E-state index in [2.05, 4.69) is 21.2 Å². The SMILES string of the molecule is Cn1cc(S(=N)(=O)NC(=O)Nc2c3c(cc4c2CCC4)CCC3)cn1. The van der Waals surface area contributed by atoms with Gasteiger partial charge in [0.1, 0.15) is 4.90 Å². The van der Waals surface area contributed by atoms with E-state index in [1.165, 1.54) is 39.3 Å². The smallest absolute Gasteiger partial charge is 0.307 e. The summed E-state index contributed by atoms with van der Waals surface area (Å²) in [5, 5.41) is 6.81. The molecule has 1 unspecified atom stereocenters. The van der Waals surface area contributed by atoms with Crippen LogP contribution in [-0.4, -0.2) is 20.0 Å². The van der Waals surface area contributed by atoms with E-state index in [4.69, 9.17) is 4.78 Å². The Morgan fingerprint density at radius 2 is 1.84 bits per heavy atom. The Balaban J connectivity index is 1.60. The molecule has 1 aromatic heterocycles. The van der Waals surface area contributed by atoms with Crippen LogP contribution < -0.4 is 10.0 Å². The Bertz CT molecular complexity index is 929. The number of rotatable bonds is 3. The lowest BCUT2D eigenvalue weighted by atomic mass is 9.99. The van der Waals surface area contributed by atoms with Crippen LogP contribution >= 0.6 is 0 Å². The van der Waals surface area contributed by atoms with Crippen LogP contribution in [0.2, 0.25) is 0 Å². The fourth-order valence-corrected chi connectivity index (χ4v) is 4.77. The summed E-state index contributed by atoms with van der Waals surface area (Å²) >= 11 is 0. The minimum Gasteiger partial charge on any atom is -0.307 e. The summed E-state index contributed by atoms with van der Waals surface area (Å²) in [7, 11) is -1.76. The summed E-state index contributed by atoms with van der Waals surface area (Å²) in [6, 6.07) is 1.69. The fourth-order valence-electron chi connectivity index (χ4n) is 3.84. The van der Waals surface area contributed by atoms with Crippen molar-refractivity contribution in [3.8, 4) is 0 Å². The van der Waals surface area contributed by atoms with Gasteiger partial charge < -0.3 is 5.32 Å². The first-order valence-electron chi connectivity index (χ1n) is 8.47. The fraction of sp³-hybridized carbons (Fsp3) is 0.412. The molecule has 1 heterocycles. The third-order valence-corrected chi connectivity index (χ3v) is 6.31. The molecule has 0 radical (unpaired) electrons. The van der Waals surface area contributed by atoms with Gasteiger partial charge in [0.15, 0.2) is 9.92 Å². The molecule has 0 aliphatic heterocycles. The number of aromatic nitrogens is 2. The van der Waals surface area contributed by atoms with Gasteiger partial charge in [-0.3, -0.25) is 4.68 Å². The van der Waals surface area contributed by atoms with Gasteiger partial charge in [0, 0.05) is 18.9 Å². The van der Waals surface area contributed by atoms with Crippen LogP contribution in [-0.2, 0) is 42.6 Å². The predicted octanol–water partition coefficient (Wildman–Crippen LogP) is 2.54. The molecule has 0 spiro atoms. The van der Waals surface area contributed by atoms with Crippen molar-refractivity contribution in [2.75, 3.05) is 5.32 Å². The largest absolute Gasteiger partial charge is 0.331 e. The third kappa shape index (κ3) is 2.90. The van der Waals surface area contributed by atoms with Crippen LogP contribution in [0, 0.1) is 4.78 Å². The van der Waals surface area contributed by atoms with Crippen molar-refractivity contribution in [1.82, 2.24) is 14.5 Å². The highest BCUT2D eigenvalue weighted by Crippen LogP contribution is 2.38. The van der Waals surface area contributed by atoms with Gasteiger partial charge in [-0.15, -0.1) is 0 Å². The van der Waals surface area contributed by atoms with Crippen LogP contribution in [0.4, 0.5) is 10.5 Å². The molecule has 0 bridgehead atoms. The van der Waals surface area contributed by atoms with Gasteiger partial charge in [0.05, 0.1) is 6.20 Å². The normalized spacial score (nSPS) is 17.6. The van der Waals surface area contributed by atoms with E-state index in [0.29, 0.717) is 0 Å². The predicted molar refractivity (Wildman–Crippen MR) is 95.0 cm³/mol. The maximum Gasteiger partial charge on any atom is 0.331 e. The molecule has 0 saturated heterocycles. The van der Waals surface area contributed by atoms with Crippen molar-refractivity contribution < 1.29 is 9.00 Å². The van der Waals surface area contributed by atoms with Crippen LogP contribution in [0.3, 0.4) is 0 Å². The lowest BCUT2D eigenvalue weighted by Crippen LogP contribution is -2.34. The molecule has 2 amide bonds. The van der Waals surface area contributed by atoms with E-state index in [0.717, 1.165) is 44.2 Å². The standard InChI is InChI=1S/C17H21N5O2S/c1-22-10-13(9-19-22)25(18,24)21-17(23)20-16-14-6-2-4-11(14)8-12-5-3-7-15(12)16/h8-10H,2-7H2,1H3,(H3,18,20,21,23,24). The zero-order valence-electron chi connectivity index (χ0n) is 14.1. The summed E-state index contributed by atoms with van der Waals surface area (Å²) in [6.07, 6.45) is 9.02. The highest BCUT2D eigenvalue weighted by Gasteiger charge is 2.25. The van der Waals surface area contributed by atoms with E-state index < -0.39 is 15.9 Å². The number of hydrogen-bond acceptors (Lipinski definition) is 4. The number of urea groups is 1.